The zero-order valence-corrected chi connectivity index (χ0v) is 20.1. The van der Waals surface area contributed by atoms with Gasteiger partial charge in [-0.05, 0) is 66.1 Å². The van der Waals surface area contributed by atoms with E-state index in [2.05, 4.69) is 10.6 Å². The molecule has 4 aromatic rings. The van der Waals surface area contributed by atoms with E-state index in [0.29, 0.717) is 17.9 Å². The van der Waals surface area contributed by atoms with Crippen LogP contribution in [0.5, 0.6) is 11.5 Å². The second-order valence-corrected chi connectivity index (χ2v) is 8.34. The molecular formula is C31H28N2O3. The molecule has 2 amide bonds. The van der Waals surface area contributed by atoms with E-state index in [0.717, 1.165) is 22.4 Å². The number of hydrogen-bond acceptors (Lipinski definition) is 3. The van der Waals surface area contributed by atoms with Gasteiger partial charge in [0.1, 0.15) is 11.5 Å². The van der Waals surface area contributed by atoms with Crippen molar-refractivity contribution in [1.82, 2.24) is 10.6 Å². The molecule has 0 saturated heterocycles. The van der Waals surface area contributed by atoms with Crippen molar-refractivity contribution in [3.8, 4) is 11.5 Å². The van der Waals surface area contributed by atoms with Crippen molar-refractivity contribution in [2.45, 2.75) is 19.5 Å². The highest BCUT2D eigenvalue weighted by atomic mass is 16.5. The predicted octanol–water partition coefficient (Wildman–Crippen LogP) is 6.30. The lowest BCUT2D eigenvalue weighted by molar-refractivity contribution is -0.116. The summed E-state index contributed by atoms with van der Waals surface area (Å²) in [6, 6.07) is 34.0. The molecule has 0 aromatic heterocycles. The average Bonchev–Trinajstić information content (AvgIpc) is 2.92. The Balaban J connectivity index is 1.26. The fourth-order valence-electron chi connectivity index (χ4n) is 3.61. The molecule has 4 aromatic carbocycles. The zero-order valence-electron chi connectivity index (χ0n) is 20.1. The first-order valence-electron chi connectivity index (χ1n) is 11.8. The number of amides is 2. The Morgan fingerprint density at radius 1 is 0.806 bits per heavy atom. The fourth-order valence-corrected chi connectivity index (χ4v) is 3.61. The predicted molar refractivity (Wildman–Crippen MR) is 143 cm³/mol. The lowest BCUT2D eigenvalue weighted by atomic mass is 10.1. The summed E-state index contributed by atoms with van der Waals surface area (Å²) in [7, 11) is 0. The largest absolute Gasteiger partial charge is 0.457 e. The monoisotopic (exact) mass is 476 g/mol. The fraction of sp³-hybridized carbons (Fsp3) is 0.0968. The molecule has 0 saturated carbocycles. The summed E-state index contributed by atoms with van der Waals surface area (Å²) in [5.74, 6) is 1.11. The summed E-state index contributed by atoms with van der Waals surface area (Å²) in [4.78, 5) is 24.9. The van der Waals surface area contributed by atoms with Gasteiger partial charge in [-0.1, -0.05) is 72.8 Å². The molecule has 0 radical (unpaired) electrons. The van der Waals surface area contributed by atoms with Gasteiger partial charge in [-0.3, -0.25) is 9.59 Å². The average molecular weight is 477 g/mol. The Labute approximate surface area is 211 Å². The molecule has 0 aliphatic rings. The molecule has 5 nitrogen and oxygen atoms in total. The highest BCUT2D eigenvalue weighted by Crippen LogP contribution is 2.22. The van der Waals surface area contributed by atoms with Crippen LogP contribution in [0.25, 0.3) is 6.08 Å². The number of carbonyl (C=O) groups excluding carboxylic acids is 2. The Hall–Kier alpha value is -4.64. The van der Waals surface area contributed by atoms with Crippen LogP contribution in [0.2, 0.25) is 0 Å². The Bertz CT molecular complexity index is 1320. The lowest BCUT2D eigenvalue weighted by Gasteiger charge is -2.14. The summed E-state index contributed by atoms with van der Waals surface area (Å²) in [5.41, 5.74) is 3.39. The van der Waals surface area contributed by atoms with E-state index in [-0.39, 0.29) is 17.9 Å². The summed E-state index contributed by atoms with van der Waals surface area (Å²) >= 11 is 0. The van der Waals surface area contributed by atoms with Gasteiger partial charge in [0, 0.05) is 18.2 Å². The molecule has 0 fully saturated rings. The van der Waals surface area contributed by atoms with Crippen molar-refractivity contribution in [3.63, 3.8) is 0 Å². The van der Waals surface area contributed by atoms with Crippen molar-refractivity contribution in [2.75, 3.05) is 0 Å². The van der Waals surface area contributed by atoms with Crippen molar-refractivity contribution in [3.05, 3.63) is 138 Å². The van der Waals surface area contributed by atoms with Crippen LogP contribution in [0.15, 0.2) is 115 Å². The third kappa shape index (κ3) is 7.18. The summed E-state index contributed by atoms with van der Waals surface area (Å²) < 4.78 is 5.84. The first-order chi connectivity index (χ1) is 17.6. The minimum Gasteiger partial charge on any atom is -0.457 e. The van der Waals surface area contributed by atoms with Gasteiger partial charge in [-0.25, -0.2) is 0 Å². The topological polar surface area (TPSA) is 67.4 Å². The van der Waals surface area contributed by atoms with Crippen LogP contribution < -0.4 is 15.4 Å². The van der Waals surface area contributed by atoms with Crippen LogP contribution in [0.4, 0.5) is 0 Å². The van der Waals surface area contributed by atoms with Crippen molar-refractivity contribution in [1.29, 1.82) is 0 Å². The molecule has 0 aliphatic carbocycles. The maximum atomic E-state index is 12.6. The smallest absolute Gasteiger partial charge is 0.251 e. The second-order valence-electron chi connectivity index (χ2n) is 8.34. The van der Waals surface area contributed by atoms with Crippen LogP contribution in [-0.2, 0) is 11.3 Å². The van der Waals surface area contributed by atoms with Gasteiger partial charge in [0.05, 0.1) is 6.04 Å². The van der Waals surface area contributed by atoms with Crippen LogP contribution in [0, 0.1) is 0 Å². The molecule has 4 rings (SSSR count). The molecule has 180 valence electrons. The Kier molecular flexibility index (Phi) is 8.28. The van der Waals surface area contributed by atoms with Gasteiger partial charge >= 0.3 is 0 Å². The number of carbonyl (C=O) groups is 2. The van der Waals surface area contributed by atoms with Gasteiger partial charge in [-0.15, -0.1) is 0 Å². The molecule has 0 unspecified atom stereocenters. The number of hydrogen-bond donors (Lipinski definition) is 2. The molecule has 0 spiro atoms. The van der Waals surface area contributed by atoms with E-state index < -0.39 is 0 Å². The molecule has 36 heavy (non-hydrogen) atoms. The van der Waals surface area contributed by atoms with Crippen LogP contribution in [0.1, 0.15) is 40.0 Å². The highest BCUT2D eigenvalue weighted by molar-refractivity contribution is 5.94. The van der Waals surface area contributed by atoms with Crippen molar-refractivity contribution < 1.29 is 14.3 Å². The van der Waals surface area contributed by atoms with Crippen LogP contribution in [-0.4, -0.2) is 11.8 Å². The third-order valence-corrected chi connectivity index (χ3v) is 5.59. The molecule has 0 aliphatic heterocycles. The third-order valence-electron chi connectivity index (χ3n) is 5.59. The summed E-state index contributed by atoms with van der Waals surface area (Å²) in [6.45, 7) is 2.32. The van der Waals surface area contributed by atoms with E-state index in [1.165, 1.54) is 6.08 Å². The standard InChI is InChI=1S/C31H28N2O3/c1-23(26-10-4-2-5-11-26)33-31(35)27-18-15-25(16-19-27)22-32-30(34)20-17-24-9-8-14-29(21-24)36-28-12-6-3-7-13-28/h2-21,23H,22H2,1H3,(H,32,34)(H,33,35)/b20-17+/t23-/m0/s1. The number of rotatable bonds is 9. The molecular weight excluding hydrogens is 448 g/mol. The number of nitrogens with one attached hydrogen (secondary N) is 2. The normalized spacial score (nSPS) is 11.6. The van der Waals surface area contributed by atoms with Crippen molar-refractivity contribution in [2.24, 2.45) is 0 Å². The Morgan fingerprint density at radius 3 is 2.19 bits per heavy atom. The molecule has 2 N–H and O–H groups in total. The van der Waals surface area contributed by atoms with Gasteiger partial charge < -0.3 is 15.4 Å². The minimum absolute atomic E-state index is 0.0879. The maximum absolute atomic E-state index is 12.6. The summed E-state index contributed by atoms with van der Waals surface area (Å²) in [6.07, 6.45) is 3.24. The highest BCUT2D eigenvalue weighted by Gasteiger charge is 2.11. The quantitative estimate of drug-likeness (QED) is 0.279. The maximum Gasteiger partial charge on any atom is 0.251 e. The number of benzene rings is 4. The van der Waals surface area contributed by atoms with Gasteiger partial charge in [-0.2, -0.15) is 0 Å². The Morgan fingerprint density at radius 2 is 1.47 bits per heavy atom. The van der Waals surface area contributed by atoms with Gasteiger partial charge in [0.2, 0.25) is 5.91 Å². The number of para-hydroxylation sites is 1. The summed E-state index contributed by atoms with van der Waals surface area (Å²) in [5, 5.41) is 5.87. The van der Waals surface area contributed by atoms with Crippen LogP contribution in [0.3, 0.4) is 0 Å². The number of ether oxygens (including phenoxy) is 1. The van der Waals surface area contributed by atoms with Crippen molar-refractivity contribution >= 4 is 17.9 Å². The van der Waals surface area contributed by atoms with Crippen LogP contribution >= 0.6 is 0 Å². The van der Waals surface area contributed by atoms with E-state index in [9.17, 15) is 9.59 Å². The van der Waals surface area contributed by atoms with E-state index in [4.69, 9.17) is 4.74 Å². The first kappa shape index (κ1) is 24.5. The van der Waals surface area contributed by atoms with Gasteiger partial charge in [0.15, 0.2) is 0 Å². The molecule has 0 bridgehead atoms. The minimum atomic E-state index is -0.206. The van der Waals surface area contributed by atoms with Gasteiger partial charge in [0.25, 0.3) is 5.91 Å². The van der Waals surface area contributed by atoms with E-state index in [1.54, 1.807) is 18.2 Å². The SMILES string of the molecule is C[C@H](NC(=O)c1ccc(CNC(=O)/C=C/c2cccc(Oc3ccccc3)c2)cc1)c1ccccc1. The molecule has 0 heterocycles. The second kappa shape index (κ2) is 12.2. The molecule has 5 heteroatoms. The van der Waals surface area contributed by atoms with E-state index in [1.807, 2.05) is 104 Å². The zero-order chi connectivity index (χ0) is 25.2. The molecule has 1 atom stereocenters. The first-order valence-corrected chi connectivity index (χ1v) is 11.8. The lowest BCUT2D eigenvalue weighted by Crippen LogP contribution is -2.26. The van der Waals surface area contributed by atoms with E-state index >= 15 is 0 Å².